The van der Waals surface area contributed by atoms with Gasteiger partial charge < -0.3 is 15.1 Å². The van der Waals surface area contributed by atoms with Gasteiger partial charge in [-0.3, -0.25) is 19.3 Å². The van der Waals surface area contributed by atoms with E-state index in [1.165, 1.54) is 0 Å². The molecule has 0 aromatic carbocycles. The van der Waals surface area contributed by atoms with Gasteiger partial charge in [0.25, 0.3) is 5.91 Å². The maximum atomic E-state index is 12.6. The van der Waals surface area contributed by atoms with E-state index in [1.54, 1.807) is 4.90 Å². The fourth-order valence-electron chi connectivity index (χ4n) is 4.37. The second-order valence-electron chi connectivity index (χ2n) is 7.81. The Morgan fingerprint density at radius 2 is 1.92 bits per heavy atom. The summed E-state index contributed by atoms with van der Waals surface area (Å²) in [5.41, 5.74) is -0.0261. The summed E-state index contributed by atoms with van der Waals surface area (Å²) in [7, 11) is 0. The Labute approximate surface area is 146 Å². The number of rotatable bonds is 3. The molecule has 4 fully saturated rings. The normalized spacial score (nSPS) is 30.2. The Bertz CT molecular complexity index is 616. The molecule has 1 unspecified atom stereocenters. The van der Waals surface area contributed by atoms with Crippen LogP contribution < -0.4 is 5.32 Å². The molecule has 0 aromatic rings. The second kappa shape index (κ2) is 6.00. The van der Waals surface area contributed by atoms with Crippen molar-refractivity contribution in [3.8, 4) is 0 Å². The largest absolute Gasteiger partial charge is 0.341 e. The van der Waals surface area contributed by atoms with E-state index in [2.05, 4.69) is 5.32 Å². The number of hydrogen-bond acceptors (Lipinski definition) is 4. The zero-order chi connectivity index (χ0) is 17.6. The van der Waals surface area contributed by atoms with Crippen molar-refractivity contribution in [1.29, 1.82) is 0 Å². The summed E-state index contributed by atoms with van der Waals surface area (Å²) in [5.74, 6) is -0.288. The highest BCUT2D eigenvalue weighted by molar-refractivity contribution is 6.04. The molecule has 4 rings (SSSR count). The van der Waals surface area contributed by atoms with Gasteiger partial charge in [-0.05, 0) is 32.1 Å². The Morgan fingerprint density at radius 3 is 2.60 bits per heavy atom. The van der Waals surface area contributed by atoms with Crippen molar-refractivity contribution in [1.82, 2.24) is 20.0 Å². The maximum absolute atomic E-state index is 12.6. The van der Waals surface area contributed by atoms with E-state index >= 15 is 0 Å². The van der Waals surface area contributed by atoms with Gasteiger partial charge in [-0.1, -0.05) is 0 Å². The Morgan fingerprint density at radius 1 is 1.12 bits per heavy atom. The first kappa shape index (κ1) is 16.4. The number of piperidine rings is 2. The quantitative estimate of drug-likeness (QED) is 0.723. The predicted molar refractivity (Wildman–Crippen MR) is 87.3 cm³/mol. The lowest BCUT2D eigenvalue weighted by molar-refractivity contribution is -0.145. The van der Waals surface area contributed by atoms with Crippen LogP contribution in [0.2, 0.25) is 0 Å². The number of urea groups is 1. The highest BCUT2D eigenvalue weighted by Gasteiger charge is 2.46. The van der Waals surface area contributed by atoms with Crippen molar-refractivity contribution in [3.63, 3.8) is 0 Å². The topological polar surface area (TPSA) is 90.0 Å². The standard InChI is InChI=1S/C17H24N4O4/c22-13-4-6-17(11-21(13)12-2-3-12)5-1-7-19(10-17)15(24)9-20-14(23)8-18-16(20)25/h12H,1-11H2,(H,18,25). The van der Waals surface area contributed by atoms with E-state index < -0.39 is 6.03 Å². The van der Waals surface area contributed by atoms with E-state index in [0.717, 1.165) is 43.5 Å². The van der Waals surface area contributed by atoms with Crippen molar-refractivity contribution in [2.75, 3.05) is 32.7 Å². The van der Waals surface area contributed by atoms with Crippen molar-refractivity contribution in [2.45, 2.75) is 44.6 Å². The summed E-state index contributed by atoms with van der Waals surface area (Å²) < 4.78 is 0. The van der Waals surface area contributed by atoms with E-state index in [9.17, 15) is 19.2 Å². The number of nitrogens with zero attached hydrogens (tertiary/aromatic N) is 3. The zero-order valence-corrected chi connectivity index (χ0v) is 14.3. The average molecular weight is 348 g/mol. The molecule has 3 saturated heterocycles. The van der Waals surface area contributed by atoms with Gasteiger partial charge in [0, 0.05) is 37.5 Å². The molecule has 1 saturated carbocycles. The Balaban J connectivity index is 1.42. The molecule has 1 N–H and O–H groups in total. The lowest BCUT2D eigenvalue weighted by atomic mass is 9.73. The Hall–Kier alpha value is -2.12. The number of hydrogen-bond donors (Lipinski definition) is 1. The molecule has 4 aliphatic rings. The summed E-state index contributed by atoms with van der Waals surface area (Å²) >= 11 is 0. The number of nitrogens with one attached hydrogen (secondary N) is 1. The van der Waals surface area contributed by atoms with Crippen molar-refractivity contribution < 1.29 is 19.2 Å². The molecule has 0 bridgehead atoms. The van der Waals surface area contributed by atoms with Crippen LogP contribution in [0.1, 0.15) is 38.5 Å². The zero-order valence-electron chi connectivity index (χ0n) is 14.3. The first-order chi connectivity index (χ1) is 12.0. The highest BCUT2D eigenvalue weighted by atomic mass is 16.2. The molecule has 3 heterocycles. The number of carbonyl (C=O) groups is 4. The molecule has 0 aromatic heterocycles. The van der Waals surface area contributed by atoms with Crippen LogP contribution in [0.3, 0.4) is 0 Å². The number of likely N-dealkylation sites (tertiary alicyclic amines) is 2. The van der Waals surface area contributed by atoms with Crippen LogP contribution in [0.4, 0.5) is 4.79 Å². The third-order valence-corrected chi connectivity index (χ3v) is 5.93. The molecule has 25 heavy (non-hydrogen) atoms. The number of amides is 5. The molecule has 8 heteroatoms. The fraction of sp³-hybridized carbons (Fsp3) is 0.765. The lowest BCUT2D eigenvalue weighted by Crippen LogP contribution is -2.56. The van der Waals surface area contributed by atoms with Gasteiger partial charge in [0.1, 0.15) is 6.54 Å². The van der Waals surface area contributed by atoms with Gasteiger partial charge >= 0.3 is 6.03 Å². The van der Waals surface area contributed by atoms with Crippen molar-refractivity contribution in [3.05, 3.63) is 0 Å². The van der Waals surface area contributed by atoms with Gasteiger partial charge in [0.15, 0.2) is 0 Å². The van der Waals surface area contributed by atoms with Crippen LogP contribution in [0.5, 0.6) is 0 Å². The van der Waals surface area contributed by atoms with Crippen LogP contribution in [-0.4, -0.2) is 77.2 Å². The summed E-state index contributed by atoms with van der Waals surface area (Å²) in [4.78, 5) is 52.9. The number of carbonyl (C=O) groups excluding carboxylic acids is 4. The lowest BCUT2D eigenvalue weighted by Gasteiger charge is -2.48. The first-order valence-corrected chi connectivity index (χ1v) is 9.13. The van der Waals surface area contributed by atoms with Crippen LogP contribution in [0.25, 0.3) is 0 Å². The minimum absolute atomic E-state index is 0.0261. The molecular weight excluding hydrogens is 324 g/mol. The molecule has 3 aliphatic heterocycles. The van der Waals surface area contributed by atoms with Crippen molar-refractivity contribution in [2.24, 2.45) is 5.41 Å². The molecule has 1 atom stereocenters. The van der Waals surface area contributed by atoms with Crippen LogP contribution in [-0.2, 0) is 14.4 Å². The van der Waals surface area contributed by atoms with E-state index in [-0.39, 0.29) is 36.2 Å². The summed E-state index contributed by atoms with van der Waals surface area (Å²) in [6, 6.07) is -0.0880. The Kier molecular flexibility index (Phi) is 3.92. The van der Waals surface area contributed by atoms with E-state index in [4.69, 9.17) is 0 Å². The van der Waals surface area contributed by atoms with Gasteiger partial charge in [0.05, 0.1) is 6.54 Å². The molecule has 0 radical (unpaired) electrons. The summed E-state index contributed by atoms with van der Waals surface area (Å²) in [5, 5.41) is 2.44. The van der Waals surface area contributed by atoms with Crippen LogP contribution in [0, 0.1) is 5.41 Å². The van der Waals surface area contributed by atoms with Gasteiger partial charge in [-0.15, -0.1) is 0 Å². The third kappa shape index (κ3) is 3.09. The molecule has 1 aliphatic carbocycles. The molecule has 5 amide bonds. The fourth-order valence-corrected chi connectivity index (χ4v) is 4.37. The monoisotopic (exact) mass is 348 g/mol. The summed E-state index contributed by atoms with van der Waals surface area (Å²) in [6.07, 6.45) is 5.50. The summed E-state index contributed by atoms with van der Waals surface area (Å²) in [6.45, 7) is 1.79. The predicted octanol–water partition coefficient (Wildman–Crippen LogP) is -0.0682. The smallest absolute Gasteiger partial charge is 0.325 e. The first-order valence-electron chi connectivity index (χ1n) is 9.13. The third-order valence-electron chi connectivity index (χ3n) is 5.93. The van der Waals surface area contributed by atoms with E-state index in [1.807, 2.05) is 4.90 Å². The van der Waals surface area contributed by atoms with Crippen LogP contribution >= 0.6 is 0 Å². The SMILES string of the molecule is O=C(CN1C(=O)CNC1=O)N1CCCC2(CCC(=O)N(C3CC3)C2)C1. The van der Waals surface area contributed by atoms with Gasteiger partial charge in [-0.25, -0.2) is 4.79 Å². The number of imide groups is 1. The van der Waals surface area contributed by atoms with Gasteiger partial charge in [0.2, 0.25) is 11.8 Å². The van der Waals surface area contributed by atoms with E-state index in [0.29, 0.717) is 25.6 Å². The van der Waals surface area contributed by atoms with Gasteiger partial charge in [-0.2, -0.15) is 0 Å². The molecular formula is C17H24N4O4. The molecule has 136 valence electrons. The van der Waals surface area contributed by atoms with Crippen molar-refractivity contribution >= 4 is 23.8 Å². The molecule has 8 nitrogen and oxygen atoms in total. The molecule has 1 spiro atoms. The second-order valence-corrected chi connectivity index (χ2v) is 7.81. The maximum Gasteiger partial charge on any atom is 0.325 e. The minimum Gasteiger partial charge on any atom is -0.341 e. The van der Waals surface area contributed by atoms with Crippen LogP contribution in [0.15, 0.2) is 0 Å². The minimum atomic E-state index is -0.492. The average Bonchev–Trinajstić information content (AvgIpc) is 3.40. The highest BCUT2D eigenvalue weighted by Crippen LogP contribution is 2.42.